The highest BCUT2D eigenvalue weighted by Gasteiger charge is 2.44. The number of rotatable bonds is 5. The first-order valence-electron chi connectivity index (χ1n) is 10.2. The first-order valence-corrected chi connectivity index (χ1v) is 10.2. The second-order valence-corrected chi connectivity index (χ2v) is 8.36. The number of para-hydroxylation sites is 1. The molecule has 0 bridgehead atoms. The molecule has 1 saturated heterocycles. The monoisotopic (exact) mass is 372 g/mol. The van der Waals surface area contributed by atoms with Gasteiger partial charge in [-0.1, -0.05) is 39.0 Å². The lowest BCUT2D eigenvalue weighted by atomic mass is 9.76. The van der Waals surface area contributed by atoms with Crippen molar-refractivity contribution < 1.29 is 14.3 Å². The molecule has 148 valence electrons. The van der Waals surface area contributed by atoms with Crippen molar-refractivity contribution in [2.75, 3.05) is 19.6 Å². The standard InChI is InChI=1S/C22H32N2O3/c1-4-21(26)24-11-9-22(10-12-24)14-17(13-20(25)23-15-16(2)3)18-7-5-6-8-19(18)27-22/h5-8,16-17H,4,9-15H2,1-3H3,(H,23,25). The summed E-state index contributed by atoms with van der Waals surface area (Å²) in [6, 6.07) is 8.10. The Hall–Kier alpha value is -2.04. The van der Waals surface area contributed by atoms with Gasteiger partial charge in [0.05, 0.1) is 0 Å². The summed E-state index contributed by atoms with van der Waals surface area (Å²) in [6.07, 6.45) is 3.55. The minimum absolute atomic E-state index is 0.110. The Bertz CT molecular complexity index is 678. The zero-order valence-electron chi connectivity index (χ0n) is 16.8. The maximum Gasteiger partial charge on any atom is 0.222 e. The zero-order valence-corrected chi connectivity index (χ0v) is 16.8. The van der Waals surface area contributed by atoms with Crippen LogP contribution < -0.4 is 10.1 Å². The van der Waals surface area contributed by atoms with Crippen LogP contribution in [-0.2, 0) is 9.59 Å². The van der Waals surface area contributed by atoms with Crippen molar-refractivity contribution in [3.05, 3.63) is 29.8 Å². The Morgan fingerprint density at radius 3 is 2.63 bits per heavy atom. The summed E-state index contributed by atoms with van der Waals surface area (Å²) in [6.45, 7) is 8.30. The van der Waals surface area contributed by atoms with Crippen LogP contribution in [0.3, 0.4) is 0 Å². The van der Waals surface area contributed by atoms with Crippen LogP contribution in [-0.4, -0.2) is 41.9 Å². The number of nitrogens with one attached hydrogen (secondary N) is 1. The molecule has 1 atom stereocenters. The average molecular weight is 373 g/mol. The van der Waals surface area contributed by atoms with E-state index in [-0.39, 0.29) is 23.3 Å². The lowest BCUT2D eigenvalue weighted by Crippen LogP contribution is -2.52. The Morgan fingerprint density at radius 2 is 1.96 bits per heavy atom. The molecule has 2 amide bonds. The summed E-state index contributed by atoms with van der Waals surface area (Å²) in [5.74, 6) is 1.84. The first-order chi connectivity index (χ1) is 12.9. The molecule has 2 aliphatic rings. The summed E-state index contributed by atoms with van der Waals surface area (Å²) in [7, 11) is 0. The lowest BCUT2D eigenvalue weighted by Gasteiger charge is -2.47. The van der Waals surface area contributed by atoms with Crippen molar-refractivity contribution in [2.45, 2.75) is 64.4 Å². The Kier molecular flexibility index (Phi) is 6.08. The molecule has 1 unspecified atom stereocenters. The Morgan fingerprint density at radius 1 is 1.26 bits per heavy atom. The van der Waals surface area contributed by atoms with Crippen molar-refractivity contribution in [3.63, 3.8) is 0 Å². The maximum atomic E-state index is 12.5. The van der Waals surface area contributed by atoms with Crippen molar-refractivity contribution in [1.82, 2.24) is 10.2 Å². The van der Waals surface area contributed by atoms with E-state index in [4.69, 9.17) is 4.74 Å². The van der Waals surface area contributed by atoms with Crippen LogP contribution >= 0.6 is 0 Å². The molecule has 0 aromatic heterocycles. The van der Waals surface area contributed by atoms with Crippen LogP contribution in [0, 0.1) is 5.92 Å². The number of fused-ring (bicyclic) bond motifs is 1. The third kappa shape index (κ3) is 4.63. The maximum absolute atomic E-state index is 12.5. The third-order valence-corrected chi connectivity index (χ3v) is 5.77. The molecule has 2 aliphatic heterocycles. The molecular formula is C22H32N2O3. The SMILES string of the molecule is CCC(=O)N1CCC2(CC1)CC(CC(=O)NCC(C)C)c1ccccc1O2. The van der Waals surface area contributed by atoms with Crippen molar-refractivity contribution in [2.24, 2.45) is 5.92 Å². The fourth-order valence-corrected chi connectivity index (χ4v) is 4.23. The molecule has 2 heterocycles. The van der Waals surface area contributed by atoms with E-state index in [0.29, 0.717) is 25.3 Å². The predicted octanol–water partition coefficient (Wildman–Crippen LogP) is 3.49. The van der Waals surface area contributed by atoms with Crippen LogP contribution in [0.1, 0.15) is 64.4 Å². The van der Waals surface area contributed by atoms with Gasteiger partial charge in [-0.2, -0.15) is 0 Å². The number of nitrogens with zero attached hydrogens (tertiary/aromatic N) is 1. The largest absolute Gasteiger partial charge is 0.487 e. The number of piperidine rings is 1. The van der Waals surface area contributed by atoms with Gasteiger partial charge in [-0.15, -0.1) is 0 Å². The predicted molar refractivity (Wildman–Crippen MR) is 106 cm³/mol. The number of carbonyl (C=O) groups excluding carboxylic acids is 2. The van der Waals surface area contributed by atoms with Crippen LogP contribution in [0.2, 0.25) is 0 Å². The van der Waals surface area contributed by atoms with Gasteiger partial charge in [0, 0.05) is 51.2 Å². The summed E-state index contributed by atoms with van der Waals surface area (Å²) in [4.78, 5) is 26.4. The third-order valence-electron chi connectivity index (χ3n) is 5.77. The molecule has 1 aromatic carbocycles. The summed E-state index contributed by atoms with van der Waals surface area (Å²) >= 11 is 0. The van der Waals surface area contributed by atoms with Crippen LogP contribution in [0.15, 0.2) is 24.3 Å². The van der Waals surface area contributed by atoms with E-state index in [1.807, 2.05) is 30.0 Å². The minimum Gasteiger partial charge on any atom is -0.487 e. The van der Waals surface area contributed by atoms with Gasteiger partial charge >= 0.3 is 0 Å². The van der Waals surface area contributed by atoms with Gasteiger partial charge < -0.3 is 15.0 Å². The molecule has 5 nitrogen and oxygen atoms in total. The normalized spacial score (nSPS) is 20.9. The summed E-state index contributed by atoms with van der Waals surface area (Å²) in [5, 5.41) is 3.05. The molecule has 0 saturated carbocycles. The van der Waals surface area contributed by atoms with E-state index in [1.54, 1.807) is 0 Å². The highest BCUT2D eigenvalue weighted by molar-refractivity contribution is 5.77. The average Bonchev–Trinajstić information content (AvgIpc) is 2.66. The van der Waals surface area contributed by atoms with Gasteiger partial charge in [0.1, 0.15) is 11.4 Å². The highest BCUT2D eigenvalue weighted by atomic mass is 16.5. The number of amides is 2. The van der Waals surface area contributed by atoms with E-state index >= 15 is 0 Å². The number of hydrogen-bond acceptors (Lipinski definition) is 3. The zero-order chi connectivity index (χ0) is 19.4. The van der Waals surface area contributed by atoms with Gasteiger partial charge in [0.25, 0.3) is 0 Å². The molecule has 1 spiro atoms. The number of carbonyl (C=O) groups is 2. The number of ether oxygens (including phenoxy) is 1. The van der Waals surface area contributed by atoms with Crippen LogP contribution in [0.25, 0.3) is 0 Å². The Balaban J connectivity index is 1.73. The van der Waals surface area contributed by atoms with Gasteiger partial charge in [0.15, 0.2) is 0 Å². The van der Waals surface area contributed by atoms with Gasteiger partial charge in [-0.05, 0) is 24.0 Å². The van der Waals surface area contributed by atoms with Crippen LogP contribution in [0.5, 0.6) is 5.75 Å². The second-order valence-electron chi connectivity index (χ2n) is 8.36. The molecule has 1 aromatic rings. The number of hydrogen-bond donors (Lipinski definition) is 1. The van der Waals surface area contributed by atoms with Crippen molar-refractivity contribution >= 4 is 11.8 Å². The fourth-order valence-electron chi connectivity index (χ4n) is 4.23. The molecule has 5 heteroatoms. The number of benzene rings is 1. The van der Waals surface area contributed by atoms with Crippen molar-refractivity contribution in [1.29, 1.82) is 0 Å². The smallest absolute Gasteiger partial charge is 0.222 e. The van der Waals surface area contributed by atoms with Gasteiger partial charge in [-0.25, -0.2) is 0 Å². The minimum atomic E-state index is -0.262. The fraction of sp³-hybridized carbons (Fsp3) is 0.636. The van der Waals surface area contributed by atoms with Gasteiger partial charge in [0.2, 0.25) is 11.8 Å². The molecule has 27 heavy (non-hydrogen) atoms. The molecule has 0 radical (unpaired) electrons. The molecular weight excluding hydrogens is 340 g/mol. The van der Waals surface area contributed by atoms with E-state index < -0.39 is 0 Å². The van der Waals surface area contributed by atoms with Crippen LogP contribution in [0.4, 0.5) is 0 Å². The Labute approximate surface area is 162 Å². The molecule has 1 N–H and O–H groups in total. The summed E-state index contributed by atoms with van der Waals surface area (Å²) in [5.41, 5.74) is 0.872. The quantitative estimate of drug-likeness (QED) is 0.861. The first kappa shape index (κ1) is 19.7. The number of likely N-dealkylation sites (tertiary alicyclic amines) is 1. The highest BCUT2D eigenvalue weighted by Crippen LogP contribution is 2.46. The van der Waals surface area contributed by atoms with E-state index in [0.717, 1.165) is 43.7 Å². The molecule has 0 aliphatic carbocycles. The summed E-state index contributed by atoms with van der Waals surface area (Å²) < 4.78 is 6.46. The van der Waals surface area contributed by atoms with Crippen molar-refractivity contribution in [3.8, 4) is 5.75 Å². The van der Waals surface area contributed by atoms with E-state index in [1.165, 1.54) is 0 Å². The van der Waals surface area contributed by atoms with E-state index in [9.17, 15) is 9.59 Å². The lowest BCUT2D eigenvalue weighted by molar-refractivity contribution is -0.135. The molecule has 1 fully saturated rings. The van der Waals surface area contributed by atoms with Gasteiger partial charge in [-0.3, -0.25) is 9.59 Å². The second kappa shape index (κ2) is 8.32. The topological polar surface area (TPSA) is 58.6 Å². The molecule has 3 rings (SSSR count). The van der Waals surface area contributed by atoms with E-state index in [2.05, 4.69) is 25.2 Å².